The summed E-state index contributed by atoms with van der Waals surface area (Å²) < 4.78 is 12.8. The number of carboxylic acid groups (broad SMARTS) is 1. The number of para-hydroxylation sites is 1. The lowest BCUT2D eigenvalue weighted by Crippen LogP contribution is -2.06. The predicted octanol–water partition coefficient (Wildman–Crippen LogP) is 7.32. The molecular formula is C30H27NO4. The molecule has 5 nitrogen and oxygen atoms in total. The standard InChI is InChI=1S/C30H27NO4/c1-20-8-3-4-11-24(20)27-13-6-12-26-22(19-31(29(26)27)30(32)33)10-7-17-35-28-14-5-9-21-18-23(34-2)15-16-25(21)28/h3-6,8-9,11-16,18-19H,7,10,17H2,1-2H3,(H,32,33). The molecule has 1 N–H and O–H groups in total. The molecule has 5 aromatic rings. The van der Waals surface area contributed by atoms with Crippen molar-refractivity contribution in [3.05, 3.63) is 96.2 Å². The molecule has 0 radical (unpaired) electrons. The van der Waals surface area contributed by atoms with Gasteiger partial charge in [-0.3, -0.25) is 4.57 Å². The van der Waals surface area contributed by atoms with E-state index < -0.39 is 6.09 Å². The van der Waals surface area contributed by atoms with Gasteiger partial charge in [0.25, 0.3) is 0 Å². The highest BCUT2D eigenvalue weighted by atomic mass is 16.5. The minimum atomic E-state index is -0.982. The molecule has 1 heterocycles. The van der Waals surface area contributed by atoms with E-state index in [4.69, 9.17) is 9.47 Å². The molecule has 5 heteroatoms. The summed E-state index contributed by atoms with van der Waals surface area (Å²) in [6.07, 6.45) is 2.25. The van der Waals surface area contributed by atoms with E-state index in [9.17, 15) is 9.90 Å². The Hall–Kier alpha value is -4.25. The van der Waals surface area contributed by atoms with E-state index in [1.165, 1.54) is 4.57 Å². The van der Waals surface area contributed by atoms with Crippen LogP contribution in [0.3, 0.4) is 0 Å². The highest BCUT2D eigenvalue weighted by Gasteiger charge is 2.17. The van der Waals surface area contributed by atoms with E-state index in [0.29, 0.717) is 13.0 Å². The van der Waals surface area contributed by atoms with E-state index >= 15 is 0 Å². The van der Waals surface area contributed by atoms with Crippen molar-refractivity contribution in [2.24, 2.45) is 0 Å². The fourth-order valence-electron chi connectivity index (χ4n) is 4.72. The van der Waals surface area contributed by atoms with Crippen LogP contribution in [0.5, 0.6) is 11.5 Å². The number of hydrogen-bond donors (Lipinski definition) is 1. The average molecular weight is 466 g/mol. The smallest absolute Gasteiger partial charge is 0.416 e. The highest BCUT2D eigenvalue weighted by Crippen LogP contribution is 2.34. The SMILES string of the molecule is COc1ccc2c(OCCCc3cn(C(=O)O)c4c(-c5ccccc5C)cccc34)cccc2c1. The lowest BCUT2D eigenvalue weighted by atomic mass is 9.97. The molecular weight excluding hydrogens is 438 g/mol. The first-order valence-corrected chi connectivity index (χ1v) is 11.7. The van der Waals surface area contributed by atoms with Gasteiger partial charge in [-0.15, -0.1) is 0 Å². The number of aryl methyl sites for hydroxylation is 2. The van der Waals surface area contributed by atoms with Gasteiger partial charge in [-0.25, -0.2) is 4.79 Å². The lowest BCUT2D eigenvalue weighted by Gasteiger charge is -2.10. The van der Waals surface area contributed by atoms with Crippen LogP contribution in [-0.4, -0.2) is 29.5 Å². The predicted molar refractivity (Wildman–Crippen MR) is 140 cm³/mol. The molecule has 0 aliphatic rings. The number of nitrogens with zero attached hydrogens (tertiary/aromatic N) is 1. The molecule has 5 rings (SSSR count). The minimum Gasteiger partial charge on any atom is -0.497 e. The number of ether oxygens (including phenoxy) is 2. The molecule has 1 aromatic heterocycles. The molecule has 0 saturated heterocycles. The summed E-state index contributed by atoms with van der Waals surface area (Å²) in [7, 11) is 1.66. The van der Waals surface area contributed by atoms with Crippen LogP contribution in [0, 0.1) is 6.92 Å². The van der Waals surface area contributed by atoms with Crippen LogP contribution in [0.2, 0.25) is 0 Å². The van der Waals surface area contributed by atoms with E-state index in [0.717, 1.165) is 61.8 Å². The monoisotopic (exact) mass is 465 g/mol. The van der Waals surface area contributed by atoms with Crippen LogP contribution in [0.4, 0.5) is 4.79 Å². The van der Waals surface area contributed by atoms with Crippen LogP contribution >= 0.6 is 0 Å². The zero-order chi connectivity index (χ0) is 24.4. The minimum absolute atomic E-state index is 0.530. The molecule has 176 valence electrons. The maximum atomic E-state index is 12.1. The first-order valence-electron chi connectivity index (χ1n) is 11.7. The van der Waals surface area contributed by atoms with Gasteiger partial charge in [0.2, 0.25) is 0 Å². The number of carbonyl (C=O) groups is 1. The highest BCUT2D eigenvalue weighted by molar-refractivity contribution is 6.01. The van der Waals surface area contributed by atoms with Gasteiger partial charge < -0.3 is 14.6 Å². The number of hydrogen-bond acceptors (Lipinski definition) is 3. The van der Waals surface area contributed by atoms with Crippen molar-refractivity contribution in [2.45, 2.75) is 19.8 Å². The first-order chi connectivity index (χ1) is 17.1. The van der Waals surface area contributed by atoms with Crippen LogP contribution in [-0.2, 0) is 6.42 Å². The number of aromatic nitrogens is 1. The number of methoxy groups -OCH3 is 1. The number of rotatable bonds is 7. The van der Waals surface area contributed by atoms with Gasteiger partial charge in [0.05, 0.1) is 19.2 Å². The topological polar surface area (TPSA) is 60.7 Å². The molecule has 35 heavy (non-hydrogen) atoms. The molecule has 0 amide bonds. The molecule has 4 aromatic carbocycles. The van der Waals surface area contributed by atoms with Gasteiger partial charge in [-0.2, -0.15) is 0 Å². The summed E-state index contributed by atoms with van der Waals surface area (Å²) >= 11 is 0. The van der Waals surface area contributed by atoms with Gasteiger partial charge in [-0.1, -0.05) is 54.6 Å². The quantitative estimate of drug-likeness (QED) is 0.256. The van der Waals surface area contributed by atoms with Crippen molar-refractivity contribution in [2.75, 3.05) is 13.7 Å². The molecule has 0 saturated carbocycles. The molecule has 0 spiro atoms. The summed E-state index contributed by atoms with van der Waals surface area (Å²) in [5.41, 5.74) is 4.82. The van der Waals surface area contributed by atoms with Crippen molar-refractivity contribution in [3.63, 3.8) is 0 Å². The molecule has 0 unspecified atom stereocenters. The number of benzene rings is 4. The average Bonchev–Trinajstić information content (AvgIpc) is 3.26. The second kappa shape index (κ2) is 9.55. The van der Waals surface area contributed by atoms with Crippen molar-refractivity contribution < 1.29 is 19.4 Å². The molecule has 0 bridgehead atoms. The zero-order valence-corrected chi connectivity index (χ0v) is 19.8. The van der Waals surface area contributed by atoms with E-state index in [1.54, 1.807) is 13.3 Å². The summed E-state index contributed by atoms with van der Waals surface area (Å²) in [6, 6.07) is 26.0. The molecule has 0 aliphatic carbocycles. The van der Waals surface area contributed by atoms with E-state index in [-0.39, 0.29) is 0 Å². The van der Waals surface area contributed by atoms with Gasteiger partial charge in [-0.05, 0) is 66.1 Å². The Morgan fingerprint density at radius 1 is 0.914 bits per heavy atom. The maximum absolute atomic E-state index is 12.1. The number of fused-ring (bicyclic) bond motifs is 2. The van der Waals surface area contributed by atoms with Crippen molar-refractivity contribution in [1.29, 1.82) is 0 Å². The third-order valence-electron chi connectivity index (χ3n) is 6.44. The second-order valence-electron chi connectivity index (χ2n) is 8.62. The normalized spacial score (nSPS) is 11.1. The van der Waals surface area contributed by atoms with Crippen LogP contribution in [0.1, 0.15) is 17.5 Å². The van der Waals surface area contributed by atoms with Gasteiger partial charge in [0.15, 0.2) is 0 Å². The Morgan fingerprint density at radius 2 is 1.71 bits per heavy atom. The van der Waals surface area contributed by atoms with Gasteiger partial charge >= 0.3 is 6.09 Å². The Balaban J connectivity index is 1.39. The third-order valence-corrected chi connectivity index (χ3v) is 6.44. The Bertz CT molecular complexity index is 1530. The van der Waals surface area contributed by atoms with Crippen molar-refractivity contribution >= 4 is 27.8 Å². The van der Waals surface area contributed by atoms with Crippen molar-refractivity contribution in [3.8, 4) is 22.6 Å². The van der Waals surface area contributed by atoms with Crippen LogP contribution in [0.25, 0.3) is 32.8 Å². The van der Waals surface area contributed by atoms with Crippen molar-refractivity contribution in [1.82, 2.24) is 4.57 Å². The Morgan fingerprint density at radius 3 is 2.51 bits per heavy atom. The van der Waals surface area contributed by atoms with Gasteiger partial charge in [0.1, 0.15) is 11.5 Å². The lowest BCUT2D eigenvalue weighted by molar-refractivity contribution is 0.197. The Labute approximate surface area is 204 Å². The fraction of sp³-hybridized carbons (Fsp3) is 0.167. The molecule has 0 fully saturated rings. The fourth-order valence-corrected chi connectivity index (χ4v) is 4.72. The van der Waals surface area contributed by atoms with E-state index in [1.807, 2.05) is 85.8 Å². The van der Waals surface area contributed by atoms with E-state index in [2.05, 4.69) is 0 Å². The maximum Gasteiger partial charge on any atom is 0.416 e. The summed E-state index contributed by atoms with van der Waals surface area (Å²) in [5.74, 6) is 1.65. The second-order valence-corrected chi connectivity index (χ2v) is 8.62. The largest absolute Gasteiger partial charge is 0.497 e. The van der Waals surface area contributed by atoms with Crippen LogP contribution < -0.4 is 9.47 Å². The summed E-state index contributed by atoms with van der Waals surface area (Å²) in [4.78, 5) is 12.1. The van der Waals surface area contributed by atoms with Gasteiger partial charge in [0, 0.05) is 22.5 Å². The summed E-state index contributed by atoms with van der Waals surface area (Å²) in [6.45, 7) is 2.58. The first kappa shape index (κ1) is 22.5. The zero-order valence-electron chi connectivity index (χ0n) is 19.8. The molecule has 0 atom stereocenters. The Kier molecular flexibility index (Phi) is 6.15. The third kappa shape index (κ3) is 4.33. The van der Waals surface area contributed by atoms with Crippen LogP contribution in [0.15, 0.2) is 85.1 Å². The molecule has 0 aliphatic heterocycles. The summed E-state index contributed by atoms with van der Waals surface area (Å²) in [5, 5.41) is 13.0.